The Bertz CT molecular complexity index is 267. The molecule has 1 aromatic rings. The number of nitrogens with one attached hydrogen (secondary N) is 1. The molecule has 0 aliphatic heterocycles. The van der Waals surface area contributed by atoms with E-state index in [-0.39, 0.29) is 5.41 Å². The summed E-state index contributed by atoms with van der Waals surface area (Å²) in [5.41, 5.74) is 1.37. The lowest BCUT2D eigenvalue weighted by Crippen LogP contribution is -2.37. The zero-order chi connectivity index (χ0) is 11.3. The number of rotatable bonds is 6. The Kier molecular flexibility index (Phi) is 4.29. The maximum atomic E-state index is 4.76. The number of hydrogen-bond acceptors (Lipinski definition) is 4. The lowest BCUT2D eigenvalue weighted by Gasteiger charge is -2.28. The predicted molar refractivity (Wildman–Crippen MR) is 60.5 cm³/mol. The van der Waals surface area contributed by atoms with Crippen LogP contribution in [0.4, 0.5) is 0 Å². The van der Waals surface area contributed by atoms with Crippen molar-refractivity contribution in [2.24, 2.45) is 5.41 Å². The quantitative estimate of drug-likeness (QED) is 0.771. The molecule has 86 valence electrons. The van der Waals surface area contributed by atoms with Gasteiger partial charge in [-0.25, -0.2) is 0 Å². The fourth-order valence-corrected chi connectivity index (χ4v) is 1.77. The highest BCUT2D eigenvalue weighted by Crippen LogP contribution is 2.14. The highest BCUT2D eigenvalue weighted by atomic mass is 16.5. The molecule has 1 rings (SSSR count). The van der Waals surface area contributed by atoms with Crippen LogP contribution in [0, 0.1) is 5.41 Å². The molecular weight excluding hydrogens is 190 g/mol. The van der Waals surface area contributed by atoms with Crippen molar-refractivity contribution in [1.82, 2.24) is 15.4 Å². The molecule has 0 saturated carbocycles. The molecule has 1 aromatic heterocycles. The molecule has 0 aromatic carbocycles. The highest BCUT2D eigenvalue weighted by molar-refractivity contribution is 4.99. The molecule has 0 atom stereocenters. The molecule has 15 heavy (non-hydrogen) atoms. The Morgan fingerprint density at radius 2 is 2.20 bits per heavy atom. The summed E-state index contributed by atoms with van der Waals surface area (Å²) in [6, 6.07) is 0. The van der Waals surface area contributed by atoms with E-state index in [1.54, 1.807) is 12.5 Å². The first-order valence-electron chi connectivity index (χ1n) is 5.23. The lowest BCUT2D eigenvalue weighted by atomic mass is 9.93. The van der Waals surface area contributed by atoms with Gasteiger partial charge in [0.15, 0.2) is 0 Å². The number of nitrogens with zero attached hydrogens (tertiary/aromatic N) is 2. The SMILES string of the molecule is CN(C)CC(C)(C)CNCc1cnoc1. The summed E-state index contributed by atoms with van der Waals surface area (Å²) in [6.07, 6.45) is 3.41. The van der Waals surface area contributed by atoms with Crippen molar-refractivity contribution in [3.05, 3.63) is 18.0 Å². The molecule has 0 spiro atoms. The van der Waals surface area contributed by atoms with Gasteiger partial charge in [-0.1, -0.05) is 19.0 Å². The Hall–Kier alpha value is -0.870. The van der Waals surface area contributed by atoms with Crippen LogP contribution in [-0.4, -0.2) is 37.2 Å². The van der Waals surface area contributed by atoms with Gasteiger partial charge in [-0.15, -0.1) is 0 Å². The van der Waals surface area contributed by atoms with Crippen molar-refractivity contribution in [3.8, 4) is 0 Å². The molecule has 0 unspecified atom stereocenters. The minimum atomic E-state index is 0.278. The van der Waals surface area contributed by atoms with Gasteiger partial charge in [0.1, 0.15) is 6.26 Å². The molecule has 0 fully saturated rings. The van der Waals surface area contributed by atoms with E-state index in [0.29, 0.717) is 0 Å². The third-order valence-electron chi connectivity index (χ3n) is 2.16. The van der Waals surface area contributed by atoms with E-state index < -0.39 is 0 Å². The van der Waals surface area contributed by atoms with Gasteiger partial charge in [0.25, 0.3) is 0 Å². The van der Waals surface area contributed by atoms with Crippen LogP contribution in [0.3, 0.4) is 0 Å². The van der Waals surface area contributed by atoms with E-state index in [4.69, 9.17) is 4.52 Å². The van der Waals surface area contributed by atoms with E-state index in [1.165, 1.54) is 0 Å². The minimum absolute atomic E-state index is 0.278. The Morgan fingerprint density at radius 1 is 1.47 bits per heavy atom. The Balaban J connectivity index is 2.24. The molecule has 1 N–H and O–H groups in total. The van der Waals surface area contributed by atoms with Crippen molar-refractivity contribution in [2.75, 3.05) is 27.2 Å². The van der Waals surface area contributed by atoms with Crippen LogP contribution < -0.4 is 5.32 Å². The average molecular weight is 211 g/mol. The van der Waals surface area contributed by atoms with Crippen molar-refractivity contribution in [1.29, 1.82) is 0 Å². The molecule has 4 heteroatoms. The third-order valence-corrected chi connectivity index (χ3v) is 2.16. The van der Waals surface area contributed by atoms with Crippen molar-refractivity contribution < 1.29 is 4.52 Å². The highest BCUT2D eigenvalue weighted by Gasteiger charge is 2.18. The first kappa shape index (κ1) is 12.2. The molecule has 0 bridgehead atoms. The van der Waals surface area contributed by atoms with E-state index in [9.17, 15) is 0 Å². The van der Waals surface area contributed by atoms with E-state index >= 15 is 0 Å². The van der Waals surface area contributed by atoms with Gasteiger partial charge in [0.05, 0.1) is 6.20 Å². The fraction of sp³-hybridized carbons (Fsp3) is 0.727. The zero-order valence-corrected chi connectivity index (χ0v) is 10.1. The van der Waals surface area contributed by atoms with Crippen LogP contribution in [0.25, 0.3) is 0 Å². The van der Waals surface area contributed by atoms with Crippen LogP contribution in [0.5, 0.6) is 0 Å². The summed E-state index contributed by atoms with van der Waals surface area (Å²) in [6.45, 7) is 7.39. The second-order valence-electron chi connectivity index (χ2n) is 5.04. The van der Waals surface area contributed by atoms with E-state index in [1.807, 2.05) is 0 Å². The third kappa shape index (κ3) is 4.95. The summed E-state index contributed by atoms with van der Waals surface area (Å²) in [5, 5.41) is 7.07. The molecule has 0 aliphatic carbocycles. The second kappa shape index (κ2) is 5.28. The maximum absolute atomic E-state index is 4.76. The molecular formula is C11H21N3O. The van der Waals surface area contributed by atoms with Crippen LogP contribution >= 0.6 is 0 Å². The second-order valence-corrected chi connectivity index (χ2v) is 5.04. The van der Waals surface area contributed by atoms with Gasteiger partial charge in [-0.05, 0) is 19.5 Å². The van der Waals surface area contributed by atoms with Gasteiger partial charge in [0, 0.05) is 25.2 Å². The summed E-state index contributed by atoms with van der Waals surface area (Å²) in [5.74, 6) is 0. The van der Waals surface area contributed by atoms with Gasteiger partial charge in [-0.3, -0.25) is 0 Å². The van der Waals surface area contributed by atoms with Crippen molar-refractivity contribution >= 4 is 0 Å². The van der Waals surface area contributed by atoms with Gasteiger partial charge in [-0.2, -0.15) is 0 Å². The van der Waals surface area contributed by atoms with Gasteiger partial charge in [0.2, 0.25) is 0 Å². The monoisotopic (exact) mass is 211 g/mol. The first-order chi connectivity index (χ1) is 6.99. The normalized spacial score (nSPS) is 12.3. The van der Waals surface area contributed by atoms with E-state index in [0.717, 1.165) is 25.2 Å². The fourth-order valence-electron chi connectivity index (χ4n) is 1.77. The predicted octanol–water partition coefficient (Wildman–Crippen LogP) is 1.35. The summed E-state index contributed by atoms with van der Waals surface area (Å²) < 4.78 is 4.76. The number of hydrogen-bond donors (Lipinski definition) is 1. The standard InChI is InChI=1S/C11H21N3O/c1-11(2,9-14(3)4)8-12-5-10-6-13-15-7-10/h6-7,12H,5,8-9H2,1-4H3. The van der Waals surface area contributed by atoms with Crippen LogP contribution in [-0.2, 0) is 6.54 Å². The summed E-state index contributed by atoms with van der Waals surface area (Å²) in [4.78, 5) is 2.21. The molecule has 0 saturated heterocycles. The van der Waals surface area contributed by atoms with Crippen LogP contribution in [0.1, 0.15) is 19.4 Å². The maximum Gasteiger partial charge on any atom is 0.128 e. The topological polar surface area (TPSA) is 41.3 Å². The first-order valence-corrected chi connectivity index (χ1v) is 5.23. The minimum Gasteiger partial charge on any atom is -0.364 e. The Labute approximate surface area is 91.6 Å². The van der Waals surface area contributed by atoms with Crippen molar-refractivity contribution in [3.63, 3.8) is 0 Å². The molecule has 0 amide bonds. The molecule has 0 radical (unpaired) electrons. The molecule has 1 heterocycles. The Morgan fingerprint density at radius 3 is 2.73 bits per heavy atom. The van der Waals surface area contributed by atoms with Gasteiger partial charge >= 0.3 is 0 Å². The molecule has 0 aliphatic rings. The van der Waals surface area contributed by atoms with Gasteiger partial charge < -0.3 is 14.7 Å². The average Bonchev–Trinajstić information content (AvgIpc) is 2.53. The van der Waals surface area contributed by atoms with Crippen LogP contribution in [0.2, 0.25) is 0 Å². The molecule has 4 nitrogen and oxygen atoms in total. The lowest BCUT2D eigenvalue weighted by molar-refractivity contribution is 0.232. The summed E-state index contributed by atoms with van der Waals surface area (Å²) in [7, 11) is 4.20. The largest absolute Gasteiger partial charge is 0.364 e. The van der Waals surface area contributed by atoms with E-state index in [2.05, 4.69) is 43.3 Å². The van der Waals surface area contributed by atoms with Crippen molar-refractivity contribution in [2.45, 2.75) is 20.4 Å². The summed E-state index contributed by atoms with van der Waals surface area (Å²) >= 11 is 0. The van der Waals surface area contributed by atoms with Crippen LogP contribution in [0.15, 0.2) is 17.0 Å². The zero-order valence-electron chi connectivity index (χ0n) is 10.1. The smallest absolute Gasteiger partial charge is 0.128 e. The number of aromatic nitrogens is 1.